The van der Waals surface area contributed by atoms with Gasteiger partial charge in [-0.05, 0) is 20.8 Å². The number of hydrogen-bond acceptors (Lipinski definition) is 1. The first-order chi connectivity index (χ1) is 4.09. The third-order valence-electron chi connectivity index (χ3n) is 1.90. The molecule has 9 heavy (non-hydrogen) atoms. The molecule has 0 aliphatic heterocycles. The normalized spacial score (nSPS) is 19.4. The maximum atomic E-state index is 9.08. The molecule has 0 aliphatic rings. The monoisotopic (exact) mass is 128 g/mol. The van der Waals surface area contributed by atoms with Crippen LogP contribution in [0.2, 0.25) is 0 Å². The van der Waals surface area contributed by atoms with Crippen LogP contribution in [0.25, 0.3) is 0 Å². The Hall–Kier alpha value is -0.300. The number of allylic oxidation sites excluding steroid dienone is 1. The fraction of sp³-hybridized carbons (Fsp3) is 0.750. The molecule has 54 valence electrons. The molecular weight excluding hydrogens is 112 g/mol. The van der Waals surface area contributed by atoms with Gasteiger partial charge in [0, 0.05) is 5.92 Å². The second-order valence-electron chi connectivity index (χ2n) is 2.56. The van der Waals surface area contributed by atoms with Gasteiger partial charge in [-0.15, -0.1) is 0 Å². The van der Waals surface area contributed by atoms with Gasteiger partial charge in [0.05, 0.1) is 6.10 Å². The Morgan fingerprint density at radius 3 is 2.00 bits per heavy atom. The number of aliphatic hydroxyl groups excluding tert-OH is 1. The molecule has 0 saturated heterocycles. The van der Waals surface area contributed by atoms with Gasteiger partial charge in [-0.25, -0.2) is 0 Å². The van der Waals surface area contributed by atoms with Crippen LogP contribution in [0.5, 0.6) is 0 Å². The summed E-state index contributed by atoms with van der Waals surface area (Å²) in [6, 6.07) is 0. The fourth-order valence-corrected chi connectivity index (χ4v) is 0.643. The summed E-state index contributed by atoms with van der Waals surface area (Å²) in [6.07, 6.45) is 1.82. The van der Waals surface area contributed by atoms with E-state index in [1.807, 2.05) is 33.8 Å². The van der Waals surface area contributed by atoms with Crippen molar-refractivity contribution < 1.29 is 5.11 Å². The van der Waals surface area contributed by atoms with Crippen molar-refractivity contribution >= 4 is 0 Å². The van der Waals surface area contributed by atoms with Crippen molar-refractivity contribution in [2.75, 3.05) is 0 Å². The van der Waals surface area contributed by atoms with Crippen molar-refractivity contribution in [1.82, 2.24) is 0 Å². The molecule has 0 radical (unpaired) electrons. The molecule has 0 amide bonds. The van der Waals surface area contributed by atoms with Crippen LogP contribution in [0.15, 0.2) is 11.6 Å². The first kappa shape index (κ1) is 8.70. The van der Waals surface area contributed by atoms with E-state index in [0.717, 1.165) is 0 Å². The molecule has 1 nitrogen and oxygen atoms in total. The molecular formula is C8H16O. The van der Waals surface area contributed by atoms with Gasteiger partial charge >= 0.3 is 0 Å². The summed E-state index contributed by atoms with van der Waals surface area (Å²) in [5.41, 5.74) is 1.25. The highest BCUT2D eigenvalue weighted by Gasteiger charge is 2.08. The molecule has 0 aliphatic carbocycles. The minimum absolute atomic E-state index is 0.221. The van der Waals surface area contributed by atoms with Crippen LogP contribution in [-0.2, 0) is 0 Å². The zero-order valence-corrected chi connectivity index (χ0v) is 6.68. The van der Waals surface area contributed by atoms with E-state index < -0.39 is 0 Å². The molecule has 0 aromatic heterocycles. The van der Waals surface area contributed by atoms with Gasteiger partial charge in [-0.1, -0.05) is 18.6 Å². The second kappa shape index (κ2) is 3.67. The van der Waals surface area contributed by atoms with E-state index in [1.54, 1.807) is 0 Å². The fourth-order valence-electron chi connectivity index (χ4n) is 0.643. The van der Waals surface area contributed by atoms with E-state index >= 15 is 0 Å². The molecule has 0 heterocycles. The Morgan fingerprint density at radius 1 is 1.44 bits per heavy atom. The largest absolute Gasteiger partial charge is 0.393 e. The lowest BCUT2D eigenvalue weighted by Crippen LogP contribution is -2.13. The number of aliphatic hydroxyl groups is 1. The molecule has 0 spiro atoms. The molecule has 2 atom stereocenters. The van der Waals surface area contributed by atoms with E-state index in [9.17, 15) is 0 Å². The highest BCUT2D eigenvalue weighted by atomic mass is 16.3. The Balaban J connectivity index is 3.88. The van der Waals surface area contributed by atoms with E-state index in [0.29, 0.717) is 5.92 Å². The Kier molecular flexibility index (Phi) is 3.55. The summed E-state index contributed by atoms with van der Waals surface area (Å²) in [6.45, 7) is 7.88. The standard InChI is InChI=1S/C8H16O/c1-5-6(2)7(3)8(4)9/h5,7-9H,1-4H3/b6-5+. The average Bonchev–Trinajstić information content (AvgIpc) is 1.84. The minimum Gasteiger partial charge on any atom is -0.393 e. The van der Waals surface area contributed by atoms with Crippen molar-refractivity contribution in [3.63, 3.8) is 0 Å². The molecule has 0 aromatic rings. The van der Waals surface area contributed by atoms with Gasteiger partial charge in [-0.2, -0.15) is 0 Å². The summed E-state index contributed by atoms with van der Waals surface area (Å²) in [5.74, 6) is 0.301. The summed E-state index contributed by atoms with van der Waals surface area (Å²) >= 11 is 0. The Labute approximate surface area is 57.4 Å². The smallest absolute Gasteiger partial charge is 0.0574 e. The van der Waals surface area contributed by atoms with Crippen molar-refractivity contribution in [2.45, 2.75) is 33.8 Å². The maximum Gasteiger partial charge on any atom is 0.0574 e. The maximum absolute atomic E-state index is 9.08. The van der Waals surface area contributed by atoms with Crippen LogP contribution in [0.3, 0.4) is 0 Å². The van der Waals surface area contributed by atoms with Gasteiger partial charge in [0.2, 0.25) is 0 Å². The number of hydrogen-bond donors (Lipinski definition) is 1. The van der Waals surface area contributed by atoms with Crippen LogP contribution < -0.4 is 0 Å². The first-order valence-corrected chi connectivity index (χ1v) is 3.40. The highest BCUT2D eigenvalue weighted by molar-refractivity contribution is 5.01. The van der Waals surface area contributed by atoms with Crippen LogP contribution in [0.1, 0.15) is 27.7 Å². The molecule has 2 unspecified atom stereocenters. The van der Waals surface area contributed by atoms with Gasteiger partial charge in [0.15, 0.2) is 0 Å². The van der Waals surface area contributed by atoms with Crippen molar-refractivity contribution in [2.24, 2.45) is 5.92 Å². The van der Waals surface area contributed by atoms with Crippen molar-refractivity contribution in [3.8, 4) is 0 Å². The Morgan fingerprint density at radius 2 is 1.89 bits per heavy atom. The van der Waals surface area contributed by atoms with Crippen LogP contribution in [0, 0.1) is 5.92 Å². The summed E-state index contributed by atoms with van der Waals surface area (Å²) in [4.78, 5) is 0. The van der Waals surface area contributed by atoms with E-state index in [1.165, 1.54) is 5.57 Å². The van der Waals surface area contributed by atoms with Crippen LogP contribution in [0.4, 0.5) is 0 Å². The lowest BCUT2D eigenvalue weighted by Gasteiger charge is -2.14. The van der Waals surface area contributed by atoms with Crippen LogP contribution in [-0.4, -0.2) is 11.2 Å². The molecule has 0 saturated carbocycles. The van der Waals surface area contributed by atoms with E-state index in [-0.39, 0.29) is 6.10 Å². The third-order valence-corrected chi connectivity index (χ3v) is 1.90. The number of rotatable bonds is 2. The lowest BCUT2D eigenvalue weighted by molar-refractivity contribution is 0.152. The third kappa shape index (κ3) is 2.66. The molecule has 0 rings (SSSR count). The molecule has 0 aromatic carbocycles. The van der Waals surface area contributed by atoms with E-state index in [4.69, 9.17) is 5.11 Å². The summed E-state index contributed by atoms with van der Waals surface area (Å²) in [5, 5.41) is 9.08. The predicted molar refractivity (Wildman–Crippen MR) is 40.3 cm³/mol. The predicted octanol–water partition coefficient (Wildman–Crippen LogP) is 1.97. The Bertz CT molecular complexity index is 103. The minimum atomic E-state index is -0.221. The zero-order valence-electron chi connectivity index (χ0n) is 6.68. The summed E-state index contributed by atoms with van der Waals surface area (Å²) in [7, 11) is 0. The zero-order chi connectivity index (χ0) is 7.44. The van der Waals surface area contributed by atoms with Crippen molar-refractivity contribution in [3.05, 3.63) is 11.6 Å². The molecule has 1 heteroatoms. The second-order valence-corrected chi connectivity index (χ2v) is 2.56. The van der Waals surface area contributed by atoms with Gasteiger partial charge in [0.25, 0.3) is 0 Å². The lowest BCUT2D eigenvalue weighted by atomic mass is 9.98. The van der Waals surface area contributed by atoms with Gasteiger partial charge in [-0.3, -0.25) is 0 Å². The first-order valence-electron chi connectivity index (χ1n) is 3.40. The SMILES string of the molecule is C/C=C(\C)C(C)C(C)O. The van der Waals surface area contributed by atoms with E-state index in [2.05, 4.69) is 0 Å². The quantitative estimate of drug-likeness (QED) is 0.564. The molecule has 0 fully saturated rings. The van der Waals surface area contributed by atoms with Crippen molar-refractivity contribution in [1.29, 1.82) is 0 Å². The molecule has 1 N–H and O–H groups in total. The van der Waals surface area contributed by atoms with Gasteiger partial charge < -0.3 is 5.11 Å². The summed E-state index contributed by atoms with van der Waals surface area (Å²) < 4.78 is 0. The topological polar surface area (TPSA) is 20.2 Å². The molecule has 0 bridgehead atoms. The highest BCUT2D eigenvalue weighted by Crippen LogP contribution is 2.12. The average molecular weight is 128 g/mol. The van der Waals surface area contributed by atoms with Crippen LogP contribution >= 0.6 is 0 Å². The van der Waals surface area contributed by atoms with Gasteiger partial charge in [0.1, 0.15) is 0 Å².